The zero-order chi connectivity index (χ0) is 16.1. The SMILES string of the molecule is CC(=O)Nc1cccc(N(CC(=O)N2CCCC2)C(C)=O)c1. The Labute approximate surface area is 130 Å². The number of amides is 3. The molecular weight excluding hydrogens is 282 g/mol. The van der Waals surface area contributed by atoms with Crippen molar-refractivity contribution in [3.05, 3.63) is 24.3 Å². The summed E-state index contributed by atoms with van der Waals surface area (Å²) in [5.41, 5.74) is 1.20. The molecule has 0 aromatic heterocycles. The third-order valence-electron chi connectivity index (χ3n) is 3.61. The average Bonchev–Trinajstić information content (AvgIpc) is 2.98. The summed E-state index contributed by atoms with van der Waals surface area (Å²) < 4.78 is 0. The molecular formula is C16H21N3O3. The predicted molar refractivity (Wildman–Crippen MR) is 84.6 cm³/mol. The third kappa shape index (κ3) is 4.07. The van der Waals surface area contributed by atoms with Gasteiger partial charge >= 0.3 is 0 Å². The highest BCUT2D eigenvalue weighted by atomic mass is 16.2. The topological polar surface area (TPSA) is 69.7 Å². The number of benzene rings is 1. The fourth-order valence-electron chi connectivity index (χ4n) is 2.54. The standard InChI is InChI=1S/C16H21N3O3/c1-12(20)17-14-6-5-7-15(10-14)19(13(2)21)11-16(22)18-8-3-4-9-18/h5-7,10H,3-4,8-9,11H2,1-2H3,(H,17,20). The van der Waals surface area contributed by atoms with Crippen molar-refractivity contribution in [3.63, 3.8) is 0 Å². The van der Waals surface area contributed by atoms with Gasteiger partial charge in [0.05, 0.1) is 0 Å². The maximum atomic E-state index is 12.3. The number of likely N-dealkylation sites (tertiary alicyclic amines) is 1. The van der Waals surface area contributed by atoms with Crippen LogP contribution in [0.15, 0.2) is 24.3 Å². The van der Waals surface area contributed by atoms with Gasteiger partial charge in [-0.3, -0.25) is 14.4 Å². The van der Waals surface area contributed by atoms with Crippen LogP contribution in [-0.4, -0.2) is 42.3 Å². The molecule has 118 valence electrons. The summed E-state index contributed by atoms with van der Waals surface area (Å²) in [4.78, 5) is 38.5. The quantitative estimate of drug-likeness (QED) is 0.919. The number of nitrogens with zero attached hydrogens (tertiary/aromatic N) is 2. The van der Waals surface area contributed by atoms with Crippen molar-refractivity contribution in [2.45, 2.75) is 26.7 Å². The van der Waals surface area contributed by atoms with Crippen molar-refractivity contribution in [1.82, 2.24) is 4.90 Å². The minimum Gasteiger partial charge on any atom is -0.341 e. The summed E-state index contributed by atoms with van der Waals surface area (Å²) in [6, 6.07) is 6.94. The molecule has 0 bridgehead atoms. The molecule has 6 nitrogen and oxygen atoms in total. The molecule has 1 aliphatic heterocycles. The second kappa shape index (κ2) is 7.06. The van der Waals surface area contributed by atoms with Crippen molar-refractivity contribution in [1.29, 1.82) is 0 Å². The van der Waals surface area contributed by atoms with Crippen LogP contribution < -0.4 is 10.2 Å². The van der Waals surface area contributed by atoms with Gasteiger partial charge in [0.15, 0.2) is 0 Å². The van der Waals surface area contributed by atoms with E-state index in [4.69, 9.17) is 0 Å². The van der Waals surface area contributed by atoms with Crippen molar-refractivity contribution in [3.8, 4) is 0 Å². The van der Waals surface area contributed by atoms with Crippen LogP contribution in [0.25, 0.3) is 0 Å². The van der Waals surface area contributed by atoms with E-state index in [1.165, 1.54) is 18.7 Å². The largest absolute Gasteiger partial charge is 0.341 e. The molecule has 2 rings (SSSR count). The summed E-state index contributed by atoms with van der Waals surface area (Å²) in [7, 11) is 0. The molecule has 1 saturated heterocycles. The number of hydrogen-bond donors (Lipinski definition) is 1. The van der Waals surface area contributed by atoms with E-state index in [0.717, 1.165) is 25.9 Å². The average molecular weight is 303 g/mol. The van der Waals surface area contributed by atoms with Crippen LogP contribution in [0.3, 0.4) is 0 Å². The second-order valence-corrected chi connectivity index (χ2v) is 5.42. The van der Waals surface area contributed by atoms with Crippen LogP contribution in [0.2, 0.25) is 0 Å². The lowest BCUT2D eigenvalue weighted by atomic mass is 10.2. The highest BCUT2D eigenvalue weighted by Crippen LogP contribution is 2.20. The van der Waals surface area contributed by atoms with Gasteiger partial charge in [-0.2, -0.15) is 0 Å². The Morgan fingerprint density at radius 1 is 1.18 bits per heavy atom. The fraction of sp³-hybridized carbons (Fsp3) is 0.438. The van der Waals surface area contributed by atoms with Crippen LogP contribution in [0.1, 0.15) is 26.7 Å². The number of anilines is 2. The van der Waals surface area contributed by atoms with Crippen LogP contribution >= 0.6 is 0 Å². The Morgan fingerprint density at radius 2 is 1.86 bits per heavy atom. The van der Waals surface area contributed by atoms with Gasteiger partial charge in [-0.25, -0.2) is 0 Å². The summed E-state index contributed by atoms with van der Waals surface area (Å²) in [6.45, 7) is 4.40. The van der Waals surface area contributed by atoms with E-state index in [1.54, 1.807) is 29.2 Å². The summed E-state index contributed by atoms with van der Waals surface area (Å²) in [5.74, 6) is -0.426. The minimum absolute atomic E-state index is 0.0266. The van der Waals surface area contributed by atoms with E-state index in [9.17, 15) is 14.4 Å². The predicted octanol–water partition coefficient (Wildman–Crippen LogP) is 1.62. The lowest BCUT2D eigenvalue weighted by Crippen LogP contribution is -2.41. The normalized spacial score (nSPS) is 13.8. The molecule has 1 aromatic carbocycles. The Morgan fingerprint density at radius 3 is 2.45 bits per heavy atom. The maximum absolute atomic E-state index is 12.3. The first kappa shape index (κ1) is 16.0. The van der Waals surface area contributed by atoms with Gasteiger partial charge in [-0.1, -0.05) is 6.07 Å². The van der Waals surface area contributed by atoms with Crippen LogP contribution in [0, 0.1) is 0 Å². The van der Waals surface area contributed by atoms with E-state index in [2.05, 4.69) is 5.32 Å². The molecule has 0 saturated carbocycles. The van der Waals surface area contributed by atoms with Gasteiger partial charge in [-0.05, 0) is 31.0 Å². The van der Waals surface area contributed by atoms with Crippen molar-refractivity contribution >= 4 is 29.1 Å². The van der Waals surface area contributed by atoms with Crippen LogP contribution in [0.5, 0.6) is 0 Å². The third-order valence-corrected chi connectivity index (χ3v) is 3.61. The molecule has 1 aliphatic rings. The van der Waals surface area contributed by atoms with Gasteiger partial charge < -0.3 is 15.1 Å². The fourth-order valence-corrected chi connectivity index (χ4v) is 2.54. The zero-order valence-corrected chi connectivity index (χ0v) is 13.0. The van der Waals surface area contributed by atoms with Crippen molar-refractivity contribution in [2.24, 2.45) is 0 Å². The molecule has 1 aromatic rings. The smallest absolute Gasteiger partial charge is 0.242 e. The number of nitrogens with one attached hydrogen (secondary N) is 1. The summed E-state index contributed by atoms with van der Waals surface area (Å²) >= 11 is 0. The van der Waals surface area contributed by atoms with E-state index < -0.39 is 0 Å². The maximum Gasteiger partial charge on any atom is 0.242 e. The summed E-state index contributed by atoms with van der Waals surface area (Å²) in [6.07, 6.45) is 2.04. The number of rotatable bonds is 4. The van der Waals surface area contributed by atoms with Crippen molar-refractivity contribution < 1.29 is 14.4 Å². The number of hydrogen-bond acceptors (Lipinski definition) is 3. The van der Waals surface area contributed by atoms with E-state index in [0.29, 0.717) is 11.4 Å². The molecule has 1 fully saturated rings. The molecule has 0 atom stereocenters. The van der Waals surface area contributed by atoms with E-state index >= 15 is 0 Å². The molecule has 22 heavy (non-hydrogen) atoms. The second-order valence-electron chi connectivity index (χ2n) is 5.42. The number of carbonyl (C=O) groups is 3. The molecule has 3 amide bonds. The highest BCUT2D eigenvalue weighted by molar-refractivity contribution is 5.98. The monoisotopic (exact) mass is 303 g/mol. The lowest BCUT2D eigenvalue weighted by Gasteiger charge is -2.24. The first-order valence-electron chi connectivity index (χ1n) is 7.41. The summed E-state index contributed by atoms with van der Waals surface area (Å²) in [5, 5.41) is 2.68. The Kier molecular flexibility index (Phi) is 5.14. The lowest BCUT2D eigenvalue weighted by molar-refractivity contribution is -0.130. The molecule has 1 heterocycles. The molecule has 0 aliphatic carbocycles. The molecule has 0 radical (unpaired) electrons. The Hall–Kier alpha value is -2.37. The van der Waals surface area contributed by atoms with Crippen molar-refractivity contribution in [2.75, 3.05) is 29.9 Å². The first-order chi connectivity index (χ1) is 10.5. The van der Waals surface area contributed by atoms with Gasteiger partial charge in [0.2, 0.25) is 17.7 Å². The van der Waals surface area contributed by atoms with Gasteiger partial charge in [0, 0.05) is 38.3 Å². The Balaban J connectivity index is 2.15. The zero-order valence-electron chi connectivity index (χ0n) is 13.0. The first-order valence-corrected chi connectivity index (χ1v) is 7.41. The molecule has 1 N–H and O–H groups in total. The van der Waals surface area contributed by atoms with Gasteiger partial charge in [-0.15, -0.1) is 0 Å². The van der Waals surface area contributed by atoms with Crippen LogP contribution in [0.4, 0.5) is 11.4 Å². The minimum atomic E-state index is -0.201. The van der Waals surface area contributed by atoms with E-state index in [-0.39, 0.29) is 24.3 Å². The van der Waals surface area contributed by atoms with Gasteiger partial charge in [0.1, 0.15) is 6.54 Å². The van der Waals surface area contributed by atoms with Gasteiger partial charge in [0.25, 0.3) is 0 Å². The molecule has 0 unspecified atom stereocenters. The molecule has 0 spiro atoms. The van der Waals surface area contributed by atoms with Crippen LogP contribution in [-0.2, 0) is 14.4 Å². The molecule has 6 heteroatoms. The van der Waals surface area contributed by atoms with E-state index in [1.807, 2.05) is 0 Å². The highest BCUT2D eigenvalue weighted by Gasteiger charge is 2.22. The number of carbonyl (C=O) groups excluding carboxylic acids is 3. The Bertz CT molecular complexity index is 580.